The van der Waals surface area contributed by atoms with Gasteiger partial charge >= 0.3 is 6.18 Å². The molecule has 0 atom stereocenters. The molecule has 0 saturated carbocycles. The Balaban J connectivity index is 2.20. The Morgan fingerprint density at radius 1 is 1.30 bits per heavy atom. The summed E-state index contributed by atoms with van der Waals surface area (Å²) in [6, 6.07) is 4.09. The first-order valence-corrected chi connectivity index (χ1v) is 8.16. The number of Topliss-reactive ketones (excluding diaryl/α,β-unsaturated/α-hetero) is 1. The molecule has 146 valence electrons. The van der Waals surface area contributed by atoms with Gasteiger partial charge in [-0.1, -0.05) is 19.1 Å². The zero-order valence-electron chi connectivity index (χ0n) is 14.7. The molecule has 9 heteroatoms. The van der Waals surface area contributed by atoms with Crippen LogP contribution in [0, 0.1) is 5.82 Å². The third-order valence-corrected chi connectivity index (χ3v) is 3.52. The molecule has 0 saturated heterocycles. The van der Waals surface area contributed by atoms with Crippen molar-refractivity contribution in [2.75, 3.05) is 6.61 Å². The molecular weight excluding hydrogens is 368 g/mol. The number of halogens is 4. The maximum atomic E-state index is 14.5. The highest BCUT2D eigenvalue weighted by Crippen LogP contribution is 2.28. The van der Waals surface area contributed by atoms with Crippen molar-refractivity contribution in [3.63, 3.8) is 0 Å². The van der Waals surface area contributed by atoms with E-state index in [2.05, 4.69) is 9.84 Å². The quantitative estimate of drug-likeness (QED) is 0.381. The number of nitrogens with zero attached hydrogens (tertiary/aromatic N) is 2. The van der Waals surface area contributed by atoms with E-state index in [9.17, 15) is 22.4 Å². The van der Waals surface area contributed by atoms with Gasteiger partial charge in [-0.3, -0.25) is 9.48 Å². The van der Waals surface area contributed by atoms with Gasteiger partial charge in [0.05, 0.1) is 24.9 Å². The van der Waals surface area contributed by atoms with Gasteiger partial charge in [0.1, 0.15) is 6.26 Å². The van der Waals surface area contributed by atoms with Gasteiger partial charge in [0.25, 0.3) is 0 Å². The van der Waals surface area contributed by atoms with E-state index < -0.39 is 17.8 Å². The second-order valence-corrected chi connectivity index (χ2v) is 5.46. The first-order valence-electron chi connectivity index (χ1n) is 8.16. The lowest BCUT2D eigenvalue weighted by atomic mass is 10.2. The molecule has 1 heterocycles. The van der Waals surface area contributed by atoms with Crippen LogP contribution in [0.1, 0.15) is 36.2 Å². The molecule has 0 aliphatic rings. The van der Waals surface area contributed by atoms with Crippen molar-refractivity contribution >= 4 is 5.78 Å². The number of hydrogen-bond acceptors (Lipinski definition) is 4. The summed E-state index contributed by atoms with van der Waals surface area (Å²) < 4.78 is 63.5. The summed E-state index contributed by atoms with van der Waals surface area (Å²) in [6.07, 6.45) is -1.24. The van der Waals surface area contributed by atoms with Gasteiger partial charge < -0.3 is 9.47 Å². The monoisotopic (exact) mass is 386 g/mol. The molecule has 0 bridgehead atoms. The molecule has 0 spiro atoms. The average Bonchev–Trinajstić information content (AvgIpc) is 3.08. The summed E-state index contributed by atoms with van der Waals surface area (Å²) in [4.78, 5) is 11.6. The number of allylic oxidation sites excluding steroid dienone is 1. The molecule has 0 N–H and O–H groups in total. The highest BCUT2D eigenvalue weighted by atomic mass is 19.4. The number of ether oxygens (including phenoxy) is 2. The van der Waals surface area contributed by atoms with Crippen LogP contribution in [0.5, 0.6) is 5.75 Å². The number of hydrogen-bond donors (Lipinski definition) is 0. The van der Waals surface area contributed by atoms with Crippen LogP contribution in [0.3, 0.4) is 0 Å². The Labute approximate surface area is 153 Å². The summed E-state index contributed by atoms with van der Waals surface area (Å²) in [5, 5.41) is 3.99. The molecule has 2 aromatic rings. The smallest absolute Gasteiger partial charge is 0.452 e. The zero-order valence-corrected chi connectivity index (χ0v) is 14.7. The zero-order chi connectivity index (χ0) is 20.0. The molecule has 1 aromatic heterocycles. The fraction of sp³-hybridized carbons (Fsp3) is 0.333. The van der Waals surface area contributed by atoms with Crippen molar-refractivity contribution in [1.82, 2.24) is 9.78 Å². The maximum Gasteiger partial charge on any atom is 0.452 e. The highest BCUT2D eigenvalue weighted by Gasteiger charge is 2.36. The van der Waals surface area contributed by atoms with Crippen molar-refractivity contribution in [2.45, 2.75) is 33.0 Å². The standard InChI is InChI=1S/C18H18F4N2O3/c1-3-14(25)13-8-23-24(10-13)9-12-6-5-7-15(17(12)19)27-11-16(26-4-2)18(20,21)22/h5-8,10-11H,3-4,9H2,1-2H3/b16-11-. The number of rotatable bonds is 8. The van der Waals surface area contributed by atoms with E-state index in [-0.39, 0.29) is 30.2 Å². The lowest BCUT2D eigenvalue weighted by molar-refractivity contribution is -0.132. The van der Waals surface area contributed by atoms with E-state index >= 15 is 0 Å². The topological polar surface area (TPSA) is 53.4 Å². The highest BCUT2D eigenvalue weighted by molar-refractivity contribution is 5.95. The lowest BCUT2D eigenvalue weighted by Gasteiger charge is -2.13. The van der Waals surface area contributed by atoms with E-state index in [1.54, 1.807) is 6.92 Å². The second kappa shape index (κ2) is 8.70. The molecule has 0 aliphatic heterocycles. The Morgan fingerprint density at radius 3 is 2.67 bits per heavy atom. The van der Waals surface area contributed by atoms with Crippen molar-refractivity contribution < 1.29 is 31.8 Å². The van der Waals surface area contributed by atoms with Gasteiger partial charge in [0.15, 0.2) is 17.3 Å². The van der Waals surface area contributed by atoms with Crippen LogP contribution in [0.4, 0.5) is 17.6 Å². The Bertz CT molecular complexity index is 828. The van der Waals surface area contributed by atoms with Crippen LogP contribution in [-0.2, 0) is 11.3 Å². The minimum atomic E-state index is -4.75. The maximum absolute atomic E-state index is 14.5. The Hall–Kier alpha value is -2.84. The number of ketones is 1. The summed E-state index contributed by atoms with van der Waals surface area (Å²) >= 11 is 0. The number of carbonyl (C=O) groups excluding carboxylic acids is 1. The van der Waals surface area contributed by atoms with Gasteiger partial charge in [-0.2, -0.15) is 18.3 Å². The third kappa shape index (κ3) is 5.32. The molecule has 27 heavy (non-hydrogen) atoms. The van der Waals surface area contributed by atoms with Crippen molar-refractivity contribution in [2.24, 2.45) is 0 Å². The number of benzene rings is 1. The molecule has 0 unspecified atom stereocenters. The number of alkyl halides is 3. The van der Waals surface area contributed by atoms with Crippen LogP contribution in [0.2, 0.25) is 0 Å². The third-order valence-electron chi connectivity index (χ3n) is 3.52. The average molecular weight is 386 g/mol. The predicted octanol–water partition coefficient (Wildman–Crippen LogP) is 4.48. The molecule has 0 radical (unpaired) electrons. The van der Waals surface area contributed by atoms with E-state index in [1.807, 2.05) is 0 Å². The Morgan fingerprint density at radius 2 is 2.04 bits per heavy atom. The minimum absolute atomic E-state index is 0.0126. The summed E-state index contributed by atoms with van der Waals surface area (Å²) in [5.74, 6) is -2.67. The molecule has 2 rings (SSSR count). The first kappa shape index (κ1) is 20.5. The molecule has 0 aliphatic carbocycles. The van der Waals surface area contributed by atoms with Crippen LogP contribution < -0.4 is 4.74 Å². The fourth-order valence-corrected chi connectivity index (χ4v) is 2.20. The van der Waals surface area contributed by atoms with Gasteiger partial charge in [0, 0.05) is 18.2 Å². The van der Waals surface area contributed by atoms with Gasteiger partial charge in [-0.05, 0) is 13.0 Å². The molecular formula is C18H18F4N2O3. The number of aromatic nitrogens is 2. The van der Waals surface area contributed by atoms with E-state index in [0.29, 0.717) is 18.2 Å². The largest absolute Gasteiger partial charge is 0.487 e. The van der Waals surface area contributed by atoms with Crippen molar-refractivity contribution in [3.8, 4) is 5.75 Å². The van der Waals surface area contributed by atoms with Crippen LogP contribution in [0.25, 0.3) is 0 Å². The second-order valence-electron chi connectivity index (χ2n) is 5.46. The fourth-order valence-electron chi connectivity index (χ4n) is 2.20. The van der Waals surface area contributed by atoms with Gasteiger partial charge in [-0.25, -0.2) is 4.39 Å². The van der Waals surface area contributed by atoms with Crippen LogP contribution in [0.15, 0.2) is 42.6 Å². The van der Waals surface area contributed by atoms with Crippen molar-refractivity contribution in [1.29, 1.82) is 0 Å². The first-order chi connectivity index (χ1) is 12.8. The van der Waals surface area contributed by atoms with Gasteiger partial charge in [0.2, 0.25) is 5.76 Å². The SMILES string of the molecule is CCO/C(=C\Oc1cccc(Cn2cc(C(=O)CC)cn2)c1F)C(F)(F)F. The Kier molecular flexibility index (Phi) is 6.59. The minimum Gasteiger partial charge on any atom is -0.487 e. The van der Waals surface area contributed by atoms with Crippen LogP contribution in [-0.4, -0.2) is 28.3 Å². The molecule has 0 amide bonds. The van der Waals surface area contributed by atoms with E-state index in [0.717, 1.165) is 0 Å². The van der Waals surface area contributed by atoms with E-state index in [1.165, 1.54) is 42.2 Å². The predicted molar refractivity (Wildman–Crippen MR) is 88.7 cm³/mol. The molecule has 0 fully saturated rings. The summed E-state index contributed by atoms with van der Waals surface area (Å²) in [5.41, 5.74) is 0.546. The van der Waals surface area contributed by atoms with E-state index in [4.69, 9.17) is 4.74 Å². The normalized spacial score (nSPS) is 12.1. The van der Waals surface area contributed by atoms with Crippen molar-refractivity contribution in [3.05, 3.63) is 59.6 Å². The van der Waals surface area contributed by atoms with Crippen LogP contribution >= 0.6 is 0 Å². The number of carbonyl (C=O) groups is 1. The summed E-state index contributed by atoms with van der Waals surface area (Å²) in [7, 11) is 0. The van der Waals surface area contributed by atoms with Gasteiger partial charge in [-0.15, -0.1) is 0 Å². The molecule has 5 nitrogen and oxygen atoms in total. The lowest BCUT2D eigenvalue weighted by Crippen LogP contribution is -2.16. The summed E-state index contributed by atoms with van der Waals surface area (Å²) in [6.45, 7) is 2.88. The molecule has 1 aromatic carbocycles.